The Bertz CT molecular complexity index is 429. The fraction of sp³-hybridized carbons (Fsp3) is 0.583. The SMILES string of the molecule is COC(=O)C(NCC1CCCO1)c1cc(Br)c(Cl)s1. The van der Waals surface area contributed by atoms with Gasteiger partial charge in [-0.1, -0.05) is 11.6 Å². The van der Waals surface area contributed by atoms with E-state index >= 15 is 0 Å². The summed E-state index contributed by atoms with van der Waals surface area (Å²) in [4.78, 5) is 12.7. The monoisotopic (exact) mass is 367 g/mol. The third kappa shape index (κ3) is 3.92. The van der Waals surface area contributed by atoms with Gasteiger partial charge in [0.05, 0.1) is 13.2 Å². The fourth-order valence-corrected chi connectivity index (χ4v) is 3.78. The lowest BCUT2D eigenvalue weighted by Crippen LogP contribution is -2.34. The van der Waals surface area contributed by atoms with Crippen molar-refractivity contribution in [2.75, 3.05) is 20.3 Å². The molecule has 1 N–H and O–H groups in total. The molecule has 0 spiro atoms. The Hall–Kier alpha value is -0.140. The van der Waals surface area contributed by atoms with Gasteiger partial charge in [0, 0.05) is 22.5 Å². The molecule has 1 fully saturated rings. The lowest BCUT2D eigenvalue weighted by atomic mass is 10.2. The van der Waals surface area contributed by atoms with Gasteiger partial charge in [-0.3, -0.25) is 5.32 Å². The summed E-state index contributed by atoms with van der Waals surface area (Å²) in [6.07, 6.45) is 2.27. The summed E-state index contributed by atoms with van der Waals surface area (Å²) >= 11 is 10.7. The van der Waals surface area contributed by atoms with Crippen LogP contribution in [0.1, 0.15) is 23.8 Å². The van der Waals surface area contributed by atoms with Crippen molar-refractivity contribution in [3.8, 4) is 0 Å². The average Bonchev–Trinajstić information content (AvgIpc) is 3.01. The number of halogens is 2. The van der Waals surface area contributed by atoms with Crippen molar-refractivity contribution in [1.82, 2.24) is 5.32 Å². The average molecular weight is 369 g/mol. The molecule has 7 heteroatoms. The summed E-state index contributed by atoms with van der Waals surface area (Å²) in [7, 11) is 1.38. The molecule has 106 valence electrons. The van der Waals surface area contributed by atoms with Crippen molar-refractivity contribution < 1.29 is 14.3 Å². The zero-order valence-corrected chi connectivity index (χ0v) is 13.6. The van der Waals surface area contributed by atoms with Crippen molar-refractivity contribution in [2.45, 2.75) is 25.0 Å². The molecule has 0 bridgehead atoms. The molecule has 4 nitrogen and oxygen atoms in total. The van der Waals surface area contributed by atoms with Crippen LogP contribution >= 0.6 is 38.9 Å². The molecular formula is C12H15BrClNO3S. The predicted octanol–water partition coefficient (Wildman–Crippen LogP) is 3.15. The molecule has 0 aromatic carbocycles. The van der Waals surface area contributed by atoms with E-state index in [0.29, 0.717) is 10.9 Å². The van der Waals surface area contributed by atoms with E-state index in [4.69, 9.17) is 21.1 Å². The maximum absolute atomic E-state index is 11.9. The first-order chi connectivity index (χ1) is 9.11. The van der Waals surface area contributed by atoms with Gasteiger partial charge in [-0.2, -0.15) is 0 Å². The molecule has 1 aliphatic rings. The number of thiophene rings is 1. The van der Waals surface area contributed by atoms with E-state index in [9.17, 15) is 4.79 Å². The van der Waals surface area contributed by atoms with Crippen LogP contribution in [0.15, 0.2) is 10.5 Å². The van der Waals surface area contributed by atoms with Crippen molar-refractivity contribution >= 4 is 44.8 Å². The minimum absolute atomic E-state index is 0.172. The third-order valence-corrected chi connectivity index (χ3v) is 5.50. The second kappa shape index (κ2) is 7.04. The Morgan fingerprint density at radius 1 is 1.79 bits per heavy atom. The smallest absolute Gasteiger partial charge is 0.328 e. The molecule has 2 heterocycles. The van der Waals surface area contributed by atoms with Crippen LogP contribution in [-0.4, -0.2) is 32.3 Å². The highest BCUT2D eigenvalue weighted by atomic mass is 79.9. The van der Waals surface area contributed by atoms with Crippen LogP contribution in [0.25, 0.3) is 0 Å². The minimum atomic E-state index is -0.497. The highest BCUT2D eigenvalue weighted by Crippen LogP contribution is 2.35. The van der Waals surface area contributed by atoms with Gasteiger partial charge in [0.15, 0.2) is 0 Å². The molecule has 1 aromatic heterocycles. The molecule has 0 saturated carbocycles. The van der Waals surface area contributed by atoms with Crippen LogP contribution in [0.5, 0.6) is 0 Å². The Kier molecular flexibility index (Phi) is 5.65. The number of hydrogen-bond acceptors (Lipinski definition) is 5. The van der Waals surface area contributed by atoms with Gasteiger partial charge in [0.1, 0.15) is 10.4 Å². The molecule has 1 aliphatic heterocycles. The summed E-state index contributed by atoms with van der Waals surface area (Å²) in [5.74, 6) is -0.316. The number of carbonyl (C=O) groups is 1. The van der Waals surface area contributed by atoms with Gasteiger partial charge in [-0.25, -0.2) is 4.79 Å². The van der Waals surface area contributed by atoms with E-state index in [2.05, 4.69) is 21.2 Å². The van der Waals surface area contributed by atoms with Gasteiger partial charge < -0.3 is 9.47 Å². The summed E-state index contributed by atoms with van der Waals surface area (Å²) < 4.78 is 11.8. The number of carbonyl (C=O) groups excluding carboxylic acids is 1. The fourth-order valence-electron chi connectivity index (χ4n) is 1.98. The molecule has 19 heavy (non-hydrogen) atoms. The first kappa shape index (κ1) is 15.3. The zero-order valence-electron chi connectivity index (χ0n) is 10.4. The van der Waals surface area contributed by atoms with E-state index < -0.39 is 6.04 Å². The van der Waals surface area contributed by atoms with E-state index in [0.717, 1.165) is 28.8 Å². The molecular weight excluding hydrogens is 354 g/mol. The largest absolute Gasteiger partial charge is 0.468 e. The van der Waals surface area contributed by atoms with Crippen LogP contribution in [0.4, 0.5) is 0 Å². The van der Waals surface area contributed by atoms with E-state index in [-0.39, 0.29) is 12.1 Å². The summed E-state index contributed by atoms with van der Waals surface area (Å²) in [5, 5.41) is 3.20. The number of ether oxygens (including phenoxy) is 2. The van der Waals surface area contributed by atoms with Crippen LogP contribution in [0, 0.1) is 0 Å². The molecule has 1 saturated heterocycles. The topological polar surface area (TPSA) is 47.6 Å². The molecule has 0 aliphatic carbocycles. The molecule has 2 unspecified atom stereocenters. The highest BCUT2D eigenvalue weighted by Gasteiger charge is 2.26. The second-order valence-corrected chi connectivity index (χ2v) is 6.81. The Balaban J connectivity index is 2.04. The van der Waals surface area contributed by atoms with Gasteiger partial charge in [-0.05, 0) is 34.8 Å². The highest BCUT2D eigenvalue weighted by molar-refractivity contribution is 9.10. The van der Waals surface area contributed by atoms with E-state index in [1.807, 2.05) is 6.07 Å². The Morgan fingerprint density at radius 3 is 3.11 bits per heavy atom. The summed E-state index contributed by atoms with van der Waals surface area (Å²) in [6.45, 7) is 1.43. The second-order valence-electron chi connectivity index (χ2n) is 4.27. The molecule has 1 aromatic rings. The van der Waals surface area contributed by atoms with Gasteiger partial charge in [0.25, 0.3) is 0 Å². The predicted molar refractivity (Wildman–Crippen MR) is 78.8 cm³/mol. The van der Waals surface area contributed by atoms with Gasteiger partial charge in [-0.15, -0.1) is 11.3 Å². The lowest BCUT2D eigenvalue weighted by Gasteiger charge is -2.17. The Labute approximate surface area is 129 Å². The van der Waals surface area contributed by atoms with Crippen LogP contribution in [-0.2, 0) is 14.3 Å². The minimum Gasteiger partial charge on any atom is -0.468 e. The molecule has 2 atom stereocenters. The zero-order chi connectivity index (χ0) is 13.8. The Morgan fingerprint density at radius 2 is 2.58 bits per heavy atom. The standard InChI is InChI=1S/C12H15BrClNO3S/c1-17-12(16)10(9-5-8(13)11(14)19-9)15-6-7-3-2-4-18-7/h5,7,10,15H,2-4,6H2,1H3. The van der Waals surface area contributed by atoms with Crippen molar-refractivity contribution in [2.24, 2.45) is 0 Å². The maximum Gasteiger partial charge on any atom is 0.328 e. The lowest BCUT2D eigenvalue weighted by molar-refractivity contribution is -0.143. The quantitative estimate of drug-likeness (QED) is 0.811. The summed E-state index contributed by atoms with van der Waals surface area (Å²) in [5.41, 5.74) is 0. The number of rotatable bonds is 5. The molecule has 2 rings (SSSR count). The molecule has 0 amide bonds. The number of methoxy groups -OCH3 is 1. The van der Waals surface area contributed by atoms with E-state index in [1.54, 1.807) is 0 Å². The van der Waals surface area contributed by atoms with E-state index in [1.165, 1.54) is 18.4 Å². The summed E-state index contributed by atoms with van der Waals surface area (Å²) in [6, 6.07) is 1.35. The van der Waals surface area contributed by atoms with Gasteiger partial charge in [0.2, 0.25) is 0 Å². The van der Waals surface area contributed by atoms with Crippen LogP contribution in [0.2, 0.25) is 4.34 Å². The first-order valence-corrected chi connectivity index (χ1v) is 7.98. The van der Waals surface area contributed by atoms with Crippen LogP contribution in [0.3, 0.4) is 0 Å². The maximum atomic E-state index is 11.9. The van der Waals surface area contributed by atoms with Crippen molar-refractivity contribution in [1.29, 1.82) is 0 Å². The third-order valence-electron chi connectivity index (χ3n) is 2.96. The van der Waals surface area contributed by atoms with Crippen LogP contribution < -0.4 is 5.32 Å². The van der Waals surface area contributed by atoms with Crippen molar-refractivity contribution in [3.63, 3.8) is 0 Å². The number of nitrogens with one attached hydrogen (secondary N) is 1. The molecule has 0 radical (unpaired) electrons. The van der Waals surface area contributed by atoms with Crippen molar-refractivity contribution in [3.05, 3.63) is 19.8 Å². The number of esters is 1. The van der Waals surface area contributed by atoms with Gasteiger partial charge >= 0.3 is 5.97 Å². The normalized spacial score (nSPS) is 20.5. The first-order valence-electron chi connectivity index (χ1n) is 5.99. The number of hydrogen-bond donors (Lipinski definition) is 1.